The van der Waals surface area contributed by atoms with Crippen LogP contribution >= 0.6 is 0 Å². The Labute approximate surface area is 86.2 Å². The van der Waals surface area contributed by atoms with Crippen molar-refractivity contribution < 1.29 is 9.84 Å². The molecule has 0 saturated carbocycles. The molecule has 0 unspecified atom stereocenters. The molecular weight excluding hydrogens is 196 g/mol. The van der Waals surface area contributed by atoms with Crippen molar-refractivity contribution in [3.63, 3.8) is 0 Å². The Bertz CT molecular complexity index is 438. The highest BCUT2D eigenvalue weighted by atomic mass is 16.5. The van der Waals surface area contributed by atoms with Gasteiger partial charge in [0.05, 0.1) is 19.0 Å². The normalized spacial score (nSPS) is 10.3. The predicted molar refractivity (Wildman–Crippen MR) is 51.6 cm³/mol. The van der Waals surface area contributed by atoms with Gasteiger partial charge in [-0.05, 0) is 6.07 Å². The van der Waals surface area contributed by atoms with Gasteiger partial charge in [0.25, 0.3) is 0 Å². The van der Waals surface area contributed by atoms with Gasteiger partial charge < -0.3 is 9.84 Å². The zero-order valence-electron chi connectivity index (χ0n) is 8.16. The lowest BCUT2D eigenvalue weighted by Crippen LogP contribution is -2.00. The summed E-state index contributed by atoms with van der Waals surface area (Å²) in [7, 11) is 1.56. The highest BCUT2D eigenvalue weighted by Crippen LogP contribution is 2.12. The van der Waals surface area contributed by atoms with Gasteiger partial charge in [0, 0.05) is 6.07 Å². The molecule has 0 saturated heterocycles. The number of hydrogen-bond acceptors (Lipinski definition) is 5. The third-order valence-electron chi connectivity index (χ3n) is 1.97. The quantitative estimate of drug-likeness (QED) is 0.774. The van der Waals surface area contributed by atoms with Gasteiger partial charge in [0.1, 0.15) is 12.9 Å². The van der Waals surface area contributed by atoms with Gasteiger partial charge in [0.15, 0.2) is 5.82 Å². The second kappa shape index (κ2) is 4.05. The summed E-state index contributed by atoms with van der Waals surface area (Å²) < 4.78 is 6.60. The van der Waals surface area contributed by atoms with Gasteiger partial charge in [-0.25, -0.2) is 4.98 Å². The first-order chi connectivity index (χ1) is 7.35. The Balaban J connectivity index is 2.37. The maximum Gasteiger partial charge on any atom is 0.213 e. The molecular formula is C9H10N4O2. The number of aliphatic hydroxyl groups excluding tert-OH is 1. The molecule has 0 spiro atoms. The van der Waals surface area contributed by atoms with Crippen LogP contribution in [-0.2, 0) is 6.61 Å². The van der Waals surface area contributed by atoms with Gasteiger partial charge >= 0.3 is 0 Å². The Kier molecular flexibility index (Phi) is 2.59. The standard InChI is InChI=1S/C9H10N4O2/c1-15-9-3-2-7(4-10-9)13-6-11-12-8(13)5-14/h2-4,6,14H,5H2,1H3. The molecule has 2 aromatic heterocycles. The number of aromatic nitrogens is 4. The van der Waals surface area contributed by atoms with Gasteiger partial charge in [-0.3, -0.25) is 4.57 Å². The van der Waals surface area contributed by atoms with Crippen LogP contribution < -0.4 is 4.74 Å². The maximum atomic E-state index is 9.00. The fourth-order valence-electron chi connectivity index (χ4n) is 1.22. The van der Waals surface area contributed by atoms with E-state index in [9.17, 15) is 0 Å². The summed E-state index contributed by atoms with van der Waals surface area (Å²) in [6, 6.07) is 3.55. The number of rotatable bonds is 3. The third kappa shape index (κ3) is 1.79. The molecule has 15 heavy (non-hydrogen) atoms. The van der Waals surface area contributed by atoms with E-state index in [0.717, 1.165) is 5.69 Å². The average Bonchev–Trinajstić information content (AvgIpc) is 2.77. The van der Waals surface area contributed by atoms with Crippen molar-refractivity contribution in [1.29, 1.82) is 0 Å². The van der Waals surface area contributed by atoms with E-state index in [2.05, 4.69) is 15.2 Å². The molecule has 0 radical (unpaired) electrons. The Morgan fingerprint density at radius 1 is 1.47 bits per heavy atom. The molecule has 2 heterocycles. The van der Waals surface area contributed by atoms with Crippen LogP contribution in [0.25, 0.3) is 5.69 Å². The number of aliphatic hydroxyl groups is 1. The Morgan fingerprint density at radius 3 is 2.93 bits per heavy atom. The van der Waals surface area contributed by atoms with Crippen LogP contribution in [0.1, 0.15) is 5.82 Å². The van der Waals surface area contributed by atoms with E-state index in [1.807, 2.05) is 6.07 Å². The van der Waals surface area contributed by atoms with Crippen LogP contribution in [0.3, 0.4) is 0 Å². The van der Waals surface area contributed by atoms with Gasteiger partial charge in [-0.2, -0.15) is 0 Å². The number of pyridine rings is 1. The minimum Gasteiger partial charge on any atom is -0.481 e. The first-order valence-electron chi connectivity index (χ1n) is 4.35. The second-order valence-corrected chi connectivity index (χ2v) is 2.83. The summed E-state index contributed by atoms with van der Waals surface area (Å²) in [6.07, 6.45) is 3.15. The number of methoxy groups -OCH3 is 1. The summed E-state index contributed by atoms with van der Waals surface area (Å²) >= 11 is 0. The third-order valence-corrected chi connectivity index (χ3v) is 1.97. The first-order valence-corrected chi connectivity index (χ1v) is 4.35. The van der Waals surface area contributed by atoms with E-state index in [0.29, 0.717) is 11.7 Å². The minimum atomic E-state index is -0.161. The largest absolute Gasteiger partial charge is 0.481 e. The van der Waals surface area contributed by atoms with Crippen LogP contribution in [-0.4, -0.2) is 32.0 Å². The lowest BCUT2D eigenvalue weighted by atomic mass is 10.4. The van der Waals surface area contributed by atoms with Crippen molar-refractivity contribution in [1.82, 2.24) is 19.7 Å². The predicted octanol–water partition coefficient (Wildman–Crippen LogP) is 0.163. The summed E-state index contributed by atoms with van der Waals surface area (Å²) in [5.41, 5.74) is 0.782. The fourth-order valence-corrected chi connectivity index (χ4v) is 1.22. The summed E-state index contributed by atoms with van der Waals surface area (Å²) in [5.74, 6) is 1.01. The highest BCUT2D eigenvalue weighted by Gasteiger charge is 2.05. The number of nitrogens with zero attached hydrogens (tertiary/aromatic N) is 4. The molecule has 0 atom stereocenters. The van der Waals surface area contributed by atoms with Gasteiger partial charge in [0.2, 0.25) is 5.88 Å². The molecule has 2 rings (SSSR count). The van der Waals surface area contributed by atoms with E-state index >= 15 is 0 Å². The van der Waals surface area contributed by atoms with Gasteiger partial charge in [-0.15, -0.1) is 10.2 Å². The number of hydrogen-bond donors (Lipinski definition) is 1. The summed E-state index contributed by atoms with van der Waals surface area (Å²) in [5, 5.41) is 16.5. The van der Waals surface area contributed by atoms with E-state index in [1.165, 1.54) is 6.33 Å². The van der Waals surface area contributed by atoms with Crippen molar-refractivity contribution in [3.8, 4) is 11.6 Å². The molecule has 2 aromatic rings. The molecule has 0 amide bonds. The summed E-state index contributed by atoms with van der Waals surface area (Å²) in [6.45, 7) is -0.161. The lowest BCUT2D eigenvalue weighted by molar-refractivity contribution is 0.269. The molecule has 0 aliphatic carbocycles. The zero-order chi connectivity index (χ0) is 10.7. The zero-order valence-corrected chi connectivity index (χ0v) is 8.16. The van der Waals surface area contributed by atoms with Crippen LogP contribution in [0.5, 0.6) is 5.88 Å². The summed E-state index contributed by atoms with van der Waals surface area (Å²) in [4.78, 5) is 4.05. The molecule has 0 aliphatic heterocycles. The van der Waals surface area contributed by atoms with Crippen LogP contribution in [0.4, 0.5) is 0 Å². The van der Waals surface area contributed by atoms with Crippen molar-refractivity contribution in [2.45, 2.75) is 6.61 Å². The molecule has 0 aromatic carbocycles. The topological polar surface area (TPSA) is 73.1 Å². The SMILES string of the molecule is COc1ccc(-n2cnnc2CO)cn1. The van der Waals surface area contributed by atoms with E-state index < -0.39 is 0 Å². The highest BCUT2D eigenvalue weighted by molar-refractivity contribution is 5.32. The number of ether oxygens (including phenoxy) is 1. The monoisotopic (exact) mass is 206 g/mol. The van der Waals surface area contributed by atoms with Crippen molar-refractivity contribution in [2.75, 3.05) is 7.11 Å². The second-order valence-electron chi connectivity index (χ2n) is 2.83. The first kappa shape index (κ1) is 9.60. The van der Waals surface area contributed by atoms with Crippen LogP contribution in [0.15, 0.2) is 24.7 Å². The van der Waals surface area contributed by atoms with E-state index in [1.54, 1.807) is 23.9 Å². The molecule has 1 N–H and O–H groups in total. The molecule has 0 bridgehead atoms. The average molecular weight is 206 g/mol. The van der Waals surface area contributed by atoms with Crippen molar-refractivity contribution in [3.05, 3.63) is 30.5 Å². The molecule has 0 aliphatic rings. The maximum absolute atomic E-state index is 9.00. The molecule has 6 heteroatoms. The Hall–Kier alpha value is -1.95. The molecule has 78 valence electrons. The van der Waals surface area contributed by atoms with E-state index in [-0.39, 0.29) is 6.61 Å². The Morgan fingerprint density at radius 2 is 2.33 bits per heavy atom. The minimum absolute atomic E-state index is 0.161. The smallest absolute Gasteiger partial charge is 0.213 e. The van der Waals surface area contributed by atoms with Crippen LogP contribution in [0.2, 0.25) is 0 Å². The van der Waals surface area contributed by atoms with Crippen molar-refractivity contribution in [2.24, 2.45) is 0 Å². The lowest BCUT2D eigenvalue weighted by Gasteiger charge is -2.04. The van der Waals surface area contributed by atoms with E-state index in [4.69, 9.17) is 9.84 Å². The fraction of sp³-hybridized carbons (Fsp3) is 0.222. The molecule has 0 fully saturated rings. The van der Waals surface area contributed by atoms with Crippen molar-refractivity contribution >= 4 is 0 Å². The molecule has 6 nitrogen and oxygen atoms in total. The van der Waals surface area contributed by atoms with Crippen LogP contribution in [0, 0.1) is 0 Å². The van der Waals surface area contributed by atoms with Gasteiger partial charge in [-0.1, -0.05) is 0 Å².